The van der Waals surface area contributed by atoms with Gasteiger partial charge in [0.25, 0.3) is 0 Å². The summed E-state index contributed by atoms with van der Waals surface area (Å²) in [5, 5.41) is 2.99. The standard InChI is InChI=1S/C25H28ClF2NO6S2/c26-16-1-3-18(4-2-16)37(32,33)25-10-13-34-22(9-14-36(30,31)17-7-11-29-12-8-17)19(25)15-35-24-21(28)6-5-20(27)23(24)25/h1-6,17,19,22,29H,7-15H2/t19-,22-,25-/m0/s1. The first-order valence-electron chi connectivity index (χ1n) is 12.2. The van der Waals surface area contributed by atoms with E-state index in [1.807, 2.05) is 0 Å². The highest BCUT2D eigenvalue weighted by Crippen LogP contribution is 2.56. The molecule has 37 heavy (non-hydrogen) atoms. The van der Waals surface area contributed by atoms with Gasteiger partial charge in [-0.1, -0.05) is 11.6 Å². The molecule has 0 amide bonds. The Bertz CT molecular complexity index is 1380. The van der Waals surface area contributed by atoms with E-state index < -0.39 is 59.1 Å². The minimum Gasteiger partial charge on any atom is -0.490 e. The zero-order chi connectivity index (χ0) is 26.4. The summed E-state index contributed by atoms with van der Waals surface area (Å²) in [6.45, 7) is 0.893. The summed E-state index contributed by atoms with van der Waals surface area (Å²) in [5.41, 5.74) is -0.367. The Labute approximate surface area is 220 Å². The van der Waals surface area contributed by atoms with Crippen molar-refractivity contribution >= 4 is 31.3 Å². The molecule has 2 aromatic carbocycles. The van der Waals surface area contributed by atoms with Crippen LogP contribution in [0.3, 0.4) is 0 Å². The fraction of sp³-hybridized carbons (Fsp3) is 0.520. The van der Waals surface area contributed by atoms with E-state index in [9.17, 15) is 21.2 Å². The highest BCUT2D eigenvalue weighted by atomic mass is 35.5. The molecule has 0 bridgehead atoms. The molecule has 7 nitrogen and oxygen atoms in total. The largest absolute Gasteiger partial charge is 0.490 e. The summed E-state index contributed by atoms with van der Waals surface area (Å²) >= 11 is 5.98. The quantitative estimate of drug-likeness (QED) is 0.561. The molecule has 0 radical (unpaired) electrons. The van der Waals surface area contributed by atoms with Gasteiger partial charge >= 0.3 is 0 Å². The van der Waals surface area contributed by atoms with Gasteiger partial charge in [0.15, 0.2) is 31.2 Å². The predicted molar refractivity (Wildman–Crippen MR) is 134 cm³/mol. The van der Waals surface area contributed by atoms with Gasteiger partial charge in [0.1, 0.15) is 10.6 Å². The lowest BCUT2D eigenvalue weighted by Crippen LogP contribution is -2.57. The molecule has 202 valence electrons. The molecule has 3 heterocycles. The number of halogens is 3. The molecule has 3 aliphatic rings. The average Bonchev–Trinajstić information content (AvgIpc) is 2.89. The van der Waals surface area contributed by atoms with E-state index in [1.165, 1.54) is 24.3 Å². The van der Waals surface area contributed by atoms with Gasteiger partial charge in [0.2, 0.25) is 0 Å². The lowest BCUT2D eigenvalue weighted by Gasteiger charge is -2.50. The fourth-order valence-corrected chi connectivity index (χ4v) is 10.3. The van der Waals surface area contributed by atoms with Crippen molar-refractivity contribution in [2.45, 2.75) is 46.7 Å². The fourth-order valence-electron chi connectivity index (χ4n) is 5.94. The molecule has 12 heteroatoms. The zero-order valence-corrected chi connectivity index (χ0v) is 22.3. The second-order valence-corrected chi connectivity index (χ2v) is 14.8. The molecule has 0 aliphatic carbocycles. The molecule has 1 N–H and O–H groups in total. The maximum Gasteiger partial charge on any atom is 0.189 e. The first-order chi connectivity index (χ1) is 17.6. The minimum atomic E-state index is -4.34. The molecule has 5 rings (SSSR count). The first kappa shape index (κ1) is 26.8. The predicted octanol–water partition coefficient (Wildman–Crippen LogP) is 3.64. The van der Waals surface area contributed by atoms with E-state index in [0.717, 1.165) is 12.1 Å². The van der Waals surface area contributed by atoms with Gasteiger partial charge in [0, 0.05) is 17.5 Å². The molecule has 0 spiro atoms. The number of nitrogens with one attached hydrogen (secondary N) is 1. The molecule has 0 saturated carbocycles. The van der Waals surface area contributed by atoms with Crippen LogP contribution in [0, 0.1) is 17.6 Å². The molecule has 2 aromatic rings. The number of ether oxygens (including phenoxy) is 2. The molecule has 2 saturated heterocycles. The van der Waals surface area contributed by atoms with Crippen LogP contribution >= 0.6 is 11.6 Å². The summed E-state index contributed by atoms with van der Waals surface area (Å²) in [7, 11) is -7.81. The monoisotopic (exact) mass is 575 g/mol. The third kappa shape index (κ3) is 4.56. The summed E-state index contributed by atoms with van der Waals surface area (Å²) in [4.78, 5) is -0.0959. The van der Waals surface area contributed by atoms with Crippen molar-refractivity contribution < 1.29 is 35.1 Å². The van der Waals surface area contributed by atoms with Crippen molar-refractivity contribution in [2.75, 3.05) is 32.1 Å². The number of piperidine rings is 1. The number of hydrogen-bond acceptors (Lipinski definition) is 7. The Morgan fingerprint density at radius 3 is 2.38 bits per heavy atom. The zero-order valence-electron chi connectivity index (χ0n) is 20.0. The minimum absolute atomic E-state index is 0.0183. The highest BCUT2D eigenvalue weighted by molar-refractivity contribution is 7.92. The topological polar surface area (TPSA) is 98.8 Å². The third-order valence-corrected chi connectivity index (χ3v) is 12.9. The van der Waals surface area contributed by atoms with Crippen LogP contribution in [-0.4, -0.2) is 60.2 Å². The van der Waals surface area contributed by atoms with Crippen LogP contribution in [0.4, 0.5) is 8.78 Å². The van der Waals surface area contributed by atoms with Gasteiger partial charge < -0.3 is 14.8 Å². The summed E-state index contributed by atoms with van der Waals surface area (Å²) in [5.74, 6) is -3.36. The summed E-state index contributed by atoms with van der Waals surface area (Å²) in [6.07, 6.45) is 0.0323. The van der Waals surface area contributed by atoms with E-state index in [-0.39, 0.29) is 42.3 Å². The van der Waals surface area contributed by atoms with Gasteiger partial charge in [-0.05, 0) is 75.2 Å². The van der Waals surface area contributed by atoms with Crippen LogP contribution < -0.4 is 10.1 Å². The van der Waals surface area contributed by atoms with Crippen molar-refractivity contribution in [1.82, 2.24) is 5.32 Å². The molecular weight excluding hydrogens is 548 g/mol. The summed E-state index contributed by atoms with van der Waals surface area (Å²) < 4.78 is 94.6. The molecule has 2 fully saturated rings. The van der Waals surface area contributed by atoms with Gasteiger partial charge in [-0.2, -0.15) is 0 Å². The lowest BCUT2D eigenvalue weighted by molar-refractivity contribution is -0.0732. The summed E-state index contributed by atoms with van der Waals surface area (Å²) in [6, 6.07) is 7.31. The smallest absolute Gasteiger partial charge is 0.189 e. The van der Waals surface area contributed by atoms with Gasteiger partial charge in [0.05, 0.1) is 34.2 Å². The molecule has 0 unspecified atom stereocenters. The molecule has 0 aromatic heterocycles. The maximum absolute atomic E-state index is 15.4. The third-order valence-electron chi connectivity index (χ3n) is 7.83. The number of fused-ring (bicyclic) bond motifs is 3. The van der Waals surface area contributed by atoms with Crippen molar-refractivity contribution in [1.29, 1.82) is 0 Å². The number of hydrogen-bond donors (Lipinski definition) is 1. The Kier molecular flexibility index (Phi) is 7.29. The Hall–Kier alpha value is -1.79. The van der Waals surface area contributed by atoms with E-state index in [0.29, 0.717) is 31.0 Å². The van der Waals surface area contributed by atoms with E-state index in [1.54, 1.807) is 0 Å². The van der Waals surface area contributed by atoms with Crippen LogP contribution in [0.5, 0.6) is 5.75 Å². The average molecular weight is 576 g/mol. The second-order valence-electron chi connectivity index (χ2n) is 9.76. The van der Waals surface area contributed by atoms with Crippen molar-refractivity contribution in [2.24, 2.45) is 5.92 Å². The van der Waals surface area contributed by atoms with Crippen LogP contribution in [0.25, 0.3) is 0 Å². The molecular formula is C25H28ClF2NO6S2. The number of sulfone groups is 2. The van der Waals surface area contributed by atoms with Gasteiger partial charge in [-0.3, -0.25) is 0 Å². The molecule has 3 atom stereocenters. The van der Waals surface area contributed by atoms with Crippen molar-refractivity contribution in [3.63, 3.8) is 0 Å². The Balaban J connectivity index is 1.58. The molecule has 3 aliphatic heterocycles. The van der Waals surface area contributed by atoms with Gasteiger partial charge in [-0.15, -0.1) is 0 Å². The number of benzene rings is 2. The Morgan fingerprint density at radius 2 is 1.68 bits per heavy atom. The van der Waals surface area contributed by atoms with Crippen molar-refractivity contribution in [3.05, 3.63) is 58.6 Å². The van der Waals surface area contributed by atoms with Crippen LogP contribution in [0.15, 0.2) is 41.3 Å². The Morgan fingerprint density at radius 1 is 1.00 bits per heavy atom. The van der Waals surface area contributed by atoms with Gasteiger partial charge in [-0.25, -0.2) is 25.6 Å². The van der Waals surface area contributed by atoms with Crippen molar-refractivity contribution in [3.8, 4) is 5.75 Å². The van der Waals surface area contributed by atoms with Crippen LogP contribution in [-0.2, 0) is 29.2 Å². The lowest BCUT2D eigenvalue weighted by atomic mass is 9.75. The maximum atomic E-state index is 15.4. The first-order valence-corrected chi connectivity index (χ1v) is 15.8. The number of rotatable bonds is 6. The van der Waals surface area contributed by atoms with E-state index in [4.69, 9.17) is 21.1 Å². The SMILES string of the molecule is O=S(=O)(CC[C@@H]1OCC[C@@]2(S(=O)(=O)c3ccc(Cl)cc3)c3c(F)ccc(F)c3OC[C@@H]12)C1CCNCC1. The van der Waals surface area contributed by atoms with Crippen LogP contribution in [0.2, 0.25) is 5.02 Å². The second kappa shape index (κ2) is 10.1. The van der Waals surface area contributed by atoms with Crippen LogP contribution in [0.1, 0.15) is 31.2 Å². The van der Waals surface area contributed by atoms with E-state index in [2.05, 4.69) is 5.32 Å². The van der Waals surface area contributed by atoms with E-state index >= 15 is 4.39 Å². The normalized spacial score (nSPS) is 26.7. The highest BCUT2D eigenvalue weighted by Gasteiger charge is 2.61.